The van der Waals surface area contributed by atoms with E-state index in [2.05, 4.69) is 22.2 Å². The van der Waals surface area contributed by atoms with E-state index in [0.29, 0.717) is 37.8 Å². The van der Waals surface area contributed by atoms with E-state index in [1.165, 1.54) is 0 Å². The maximum absolute atomic E-state index is 12.5. The van der Waals surface area contributed by atoms with E-state index in [1.54, 1.807) is 18.2 Å². The quantitative estimate of drug-likeness (QED) is 0.537. The molecule has 8 nitrogen and oxygen atoms in total. The van der Waals surface area contributed by atoms with E-state index in [-0.39, 0.29) is 12.5 Å². The van der Waals surface area contributed by atoms with Crippen LogP contribution in [0.25, 0.3) is 33.2 Å². The largest absolute Gasteiger partial charge is 0.493 e. The average molecular weight is 420 g/mol. The first-order valence-corrected chi connectivity index (χ1v) is 10.2. The second-order valence-electron chi connectivity index (χ2n) is 7.58. The number of aromatic nitrogens is 3. The summed E-state index contributed by atoms with van der Waals surface area (Å²) in [5.41, 5.74) is 3.86. The van der Waals surface area contributed by atoms with Gasteiger partial charge < -0.3 is 28.7 Å². The fourth-order valence-corrected chi connectivity index (χ4v) is 4.02. The maximum Gasteiger partial charge on any atom is 0.260 e. The molecule has 0 unspecified atom stereocenters. The van der Waals surface area contributed by atoms with Gasteiger partial charge in [-0.2, -0.15) is 0 Å². The van der Waals surface area contributed by atoms with E-state index < -0.39 is 0 Å². The van der Waals surface area contributed by atoms with Crippen LogP contribution in [0.1, 0.15) is 0 Å². The van der Waals surface area contributed by atoms with Crippen molar-refractivity contribution in [2.24, 2.45) is 7.05 Å². The van der Waals surface area contributed by atoms with Crippen molar-refractivity contribution in [2.45, 2.75) is 0 Å². The minimum Gasteiger partial charge on any atom is -0.493 e. The third-order valence-corrected chi connectivity index (χ3v) is 5.67. The SMILES string of the molecule is COc1cc2c(-c3cc4cccnc4[nH]3)cn(C)c2cc1OCC(=O)N1CCOCC1. The normalized spacial score (nSPS) is 14.3. The Hall–Kier alpha value is -3.52. The number of aromatic amines is 1. The lowest BCUT2D eigenvalue weighted by Crippen LogP contribution is -2.43. The summed E-state index contributed by atoms with van der Waals surface area (Å²) in [5.74, 6) is 1.08. The van der Waals surface area contributed by atoms with Crippen LogP contribution in [-0.2, 0) is 16.6 Å². The van der Waals surface area contributed by atoms with Gasteiger partial charge in [-0.3, -0.25) is 4.79 Å². The number of hydrogen-bond donors (Lipinski definition) is 1. The second-order valence-corrected chi connectivity index (χ2v) is 7.58. The van der Waals surface area contributed by atoms with Crippen LogP contribution in [0.4, 0.5) is 0 Å². The number of fused-ring (bicyclic) bond motifs is 2. The van der Waals surface area contributed by atoms with Gasteiger partial charge in [-0.25, -0.2) is 4.98 Å². The lowest BCUT2D eigenvalue weighted by molar-refractivity contribution is -0.137. The Balaban J connectivity index is 1.47. The van der Waals surface area contributed by atoms with Gasteiger partial charge in [0.2, 0.25) is 0 Å². The van der Waals surface area contributed by atoms with Crippen molar-refractivity contribution in [3.05, 3.63) is 42.7 Å². The van der Waals surface area contributed by atoms with Crippen molar-refractivity contribution in [2.75, 3.05) is 40.0 Å². The number of carbonyl (C=O) groups excluding carboxylic acids is 1. The Kier molecular flexibility index (Phi) is 4.99. The summed E-state index contributed by atoms with van der Waals surface area (Å²) < 4.78 is 18.8. The molecule has 1 saturated heterocycles. The van der Waals surface area contributed by atoms with Gasteiger partial charge in [0, 0.05) is 60.6 Å². The van der Waals surface area contributed by atoms with E-state index >= 15 is 0 Å². The van der Waals surface area contributed by atoms with Crippen LogP contribution < -0.4 is 9.47 Å². The Morgan fingerprint density at radius 1 is 1.23 bits per heavy atom. The van der Waals surface area contributed by atoms with Gasteiger partial charge in [0.15, 0.2) is 18.1 Å². The standard InChI is InChI=1S/C23H24N4O4/c1-26-13-17(18-10-15-4-3-5-24-23(15)25-18)16-11-20(29-2)21(12-19(16)26)31-14-22(28)27-6-8-30-9-7-27/h3-5,10-13H,6-9,14H2,1-2H3,(H,24,25). The van der Waals surface area contributed by atoms with Gasteiger partial charge in [-0.15, -0.1) is 0 Å². The summed E-state index contributed by atoms with van der Waals surface area (Å²) in [6, 6.07) is 9.93. The number of amides is 1. The lowest BCUT2D eigenvalue weighted by atomic mass is 10.1. The van der Waals surface area contributed by atoms with Crippen LogP contribution in [0.3, 0.4) is 0 Å². The molecule has 0 atom stereocenters. The molecular formula is C23H24N4O4. The number of H-pyrrole nitrogens is 1. The maximum atomic E-state index is 12.5. The highest BCUT2D eigenvalue weighted by Gasteiger charge is 2.20. The minimum absolute atomic E-state index is 0.0349. The first-order valence-electron chi connectivity index (χ1n) is 10.2. The Morgan fingerprint density at radius 2 is 2.06 bits per heavy atom. The lowest BCUT2D eigenvalue weighted by Gasteiger charge is -2.26. The van der Waals surface area contributed by atoms with Crippen LogP contribution in [0.2, 0.25) is 0 Å². The zero-order chi connectivity index (χ0) is 21.4. The number of nitrogens with one attached hydrogen (secondary N) is 1. The Bertz CT molecular complexity index is 1220. The fourth-order valence-electron chi connectivity index (χ4n) is 4.02. The first-order chi connectivity index (χ1) is 15.1. The zero-order valence-corrected chi connectivity index (χ0v) is 17.6. The summed E-state index contributed by atoms with van der Waals surface area (Å²) >= 11 is 0. The van der Waals surface area contributed by atoms with Crippen LogP contribution in [0.15, 0.2) is 42.7 Å². The summed E-state index contributed by atoms with van der Waals surface area (Å²) in [6.45, 7) is 2.29. The zero-order valence-electron chi connectivity index (χ0n) is 17.6. The van der Waals surface area contributed by atoms with E-state index in [0.717, 1.165) is 33.2 Å². The fraction of sp³-hybridized carbons (Fsp3) is 0.304. The summed E-state index contributed by atoms with van der Waals surface area (Å²) in [6.07, 6.45) is 3.84. The number of hydrogen-bond acceptors (Lipinski definition) is 5. The first kappa shape index (κ1) is 19.4. The Labute approximate surface area is 179 Å². The van der Waals surface area contributed by atoms with Crippen molar-refractivity contribution in [1.82, 2.24) is 19.4 Å². The molecule has 0 aliphatic carbocycles. The number of carbonyl (C=O) groups is 1. The van der Waals surface area contributed by atoms with Crippen molar-refractivity contribution in [1.29, 1.82) is 0 Å². The topological polar surface area (TPSA) is 81.6 Å². The predicted octanol–water partition coefficient (Wildman–Crippen LogP) is 2.97. The smallest absolute Gasteiger partial charge is 0.260 e. The molecule has 31 heavy (non-hydrogen) atoms. The number of aryl methyl sites for hydroxylation is 1. The number of nitrogens with zero attached hydrogens (tertiary/aromatic N) is 3. The van der Waals surface area contributed by atoms with E-state index in [1.807, 2.05) is 35.9 Å². The molecule has 1 aromatic carbocycles. The molecule has 0 saturated carbocycles. The molecule has 1 fully saturated rings. The highest BCUT2D eigenvalue weighted by atomic mass is 16.5. The average Bonchev–Trinajstić information content (AvgIpc) is 3.38. The summed E-state index contributed by atoms with van der Waals surface area (Å²) in [7, 11) is 3.59. The van der Waals surface area contributed by atoms with Gasteiger partial charge in [0.05, 0.1) is 25.8 Å². The molecular weight excluding hydrogens is 396 g/mol. The third-order valence-electron chi connectivity index (χ3n) is 5.67. The number of ether oxygens (including phenoxy) is 3. The van der Waals surface area contributed by atoms with Crippen LogP contribution >= 0.6 is 0 Å². The molecule has 5 rings (SSSR count). The molecule has 0 radical (unpaired) electrons. The van der Waals surface area contributed by atoms with Crippen molar-refractivity contribution in [3.8, 4) is 22.8 Å². The number of morpholine rings is 1. The summed E-state index contributed by atoms with van der Waals surface area (Å²) in [4.78, 5) is 22.0. The molecule has 1 aliphatic heterocycles. The molecule has 1 N–H and O–H groups in total. The van der Waals surface area contributed by atoms with E-state index in [4.69, 9.17) is 14.2 Å². The highest BCUT2D eigenvalue weighted by Crippen LogP contribution is 2.38. The molecule has 1 aliphatic rings. The highest BCUT2D eigenvalue weighted by molar-refractivity contribution is 5.99. The number of pyridine rings is 1. The number of rotatable bonds is 5. The van der Waals surface area contributed by atoms with Gasteiger partial charge in [0.1, 0.15) is 5.65 Å². The van der Waals surface area contributed by atoms with Gasteiger partial charge in [0.25, 0.3) is 5.91 Å². The second kappa shape index (κ2) is 7.96. The molecule has 8 heteroatoms. The molecule has 1 amide bonds. The Morgan fingerprint density at radius 3 is 2.84 bits per heavy atom. The summed E-state index contributed by atoms with van der Waals surface area (Å²) in [5, 5.41) is 2.08. The van der Waals surface area contributed by atoms with Crippen LogP contribution in [-0.4, -0.2) is 65.4 Å². The molecule has 3 aromatic heterocycles. The molecule has 0 bridgehead atoms. The molecule has 160 valence electrons. The minimum atomic E-state index is -0.0522. The number of benzene rings is 1. The van der Waals surface area contributed by atoms with Crippen molar-refractivity contribution in [3.63, 3.8) is 0 Å². The van der Waals surface area contributed by atoms with Crippen molar-refractivity contribution < 1.29 is 19.0 Å². The monoisotopic (exact) mass is 420 g/mol. The molecule has 4 aromatic rings. The molecule has 0 spiro atoms. The third kappa shape index (κ3) is 3.59. The molecule has 4 heterocycles. The van der Waals surface area contributed by atoms with Crippen molar-refractivity contribution >= 4 is 27.8 Å². The number of methoxy groups -OCH3 is 1. The van der Waals surface area contributed by atoms with Crippen LogP contribution in [0.5, 0.6) is 11.5 Å². The van der Waals surface area contributed by atoms with E-state index in [9.17, 15) is 4.79 Å². The van der Waals surface area contributed by atoms with Gasteiger partial charge in [-0.05, 0) is 24.3 Å². The van der Waals surface area contributed by atoms with Crippen LogP contribution in [0, 0.1) is 0 Å². The predicted molar refractivity (Wildman–Crippen MR) is 117 cm³/mol. The van der Waals surface area contributed by atoms with Gasteiger partial charge in [-0.1, -0.05) is 0 Å². The van der Waals surface area contributed by atoms with Gasteiger partial charge >= 0.3 is 0 Å².